The number of halogens is 2. The molecule has 0 bridgehead atoms. The van der Waals surface area contributed by atoms with E-state index in [4.69, 9.17) is 4.74 Å². The van der Waals surface area contributed by atoms with Crippen LogP contribution in [-0.4, -0.2) is 23.1 Å². The molecular formula is C13H16I2O4. The highest BCUT2D eigenvalue weighted by Gasteiger charge is 2.25. The number of phenolic OH excluding ortho intramolecular Hbond substituents is 2. The zero-order chi connectivity index (χ0) is 14.6. The third-order valence-electron chi connectivity index (χ3n) is 2.78. The van der Waals surface area contributed by atoms with Crippen LogP contribution in [0.4, 0.5) is 0 Å². The van der Waals surface area contributed by atoms with E-state index >= 15 is 0 Å². The standard InChI is InChI=1S/C13H16I2O4/c1-3-4-5-6-7(16)8-11(17)9(14)13(19-2)10(15)12(8)18/h17-18H,3-6H2,1-2H3. The molecule has 0 amide bonds. The molecule has 0 saturated carbocycles. The van der Waals surface area contributed by atoms with E-state index in [-0.39, 0.29) is 22.8 Å². The predicted molar refractivity (Wildman–Crippen MR) is 90.2 cm³/mol. The van der Waals surface area contributed by atoms with E-state index in [1.807, 2.05) is 45.2 Å². The molecule has 0 aromatic heterocycles. The largest absolute Gasteiger partial charge is 0.506 e. The van der Waals surface area contributed by atoms with Crippen molar-refractivity contribution in [3.05, 3.63) is 12.7 Å². The Morgan fingerprint density at radius 2 is 1.68 bits per heavy atom. The first-order valence-electron chi connectivity index (χ1n) is 5.95. The lowest BCUT2D eigenvalue weighted by Crippen LogP contribution is -2.04. The molecule has 1 aromatic carbocycles. The number of benzene rings is 1. The number of Topliss-reactive ketones (excluding diaryl/α,β-unsaturated/α-hetero) is 1. The Morgan fingerprint density at radius 1 is 1.16 bits per heavy atom. The van der Waals surface area contributed by atoms with Crippen LogP contribution in [0.1, 0.15) is 43.0 Å². The van der Waals surface area contributed by atoms with E-state index in [9.17, 15) is 15.0 Å². The zero-order valence-corrected chi connectivity index (χ0v) is 15.1. The molecule has 0 atom stereocenters. The highest BCUT2D eigenvalue weighted by molar-refractivity contribution is 14.1. The summed E-state index contributed by atoms with van der Waals surface area (Å²) in [6, 6.07) is 0. The average molecular weight is 490 g/mol. The van der Waals surface area contributed by atoms with Gasteiger partial charge in [0.25, 0.3) is 0 Å². The number of phenols is 2. The van der Waals surface area contributed by atoms with Gasteiger partial charge in [-0.05, 0) is 51.6 Å². The first-order valence-corrected chi connectivity index (χ1v) is 8.11. The lowest BCUT2D eigenvalue weighted by atomic mass is 10.0. The Kier molecular flexibility index (Phi) is 6.64. The number of ketones is 1. The van der Waals surface area contributed by atoms with Crippen LogP contribution in [0.25, 0.3) is 0 Å². The van der Waals surface area contributed by atoms with Gasteiger partial charge < -0.3 is 14.9 Å². The highest BCUT2D eigenvalue weighted by Crippen LogP contribution is 2.44. The summed E-state index contributed by atoms with van der Waals surface area (Å²) in [6.45, 7) is 2.05. The SMILES string of the molecule is CCCCCC(=O)c1c(O)c(I)c(OC)c(I)c1O. The number of carbonyl (C=O) groups is 1. The van der Waals surface area contributed by atoms with Crippen molar-refractivity contribution < 1.29 is 19.7 Å². The molecule has 0 spiro atoms. The predicted octanol–water partition coefficient (Wildman–Crippen LogP) is 4.08. The summed E-state index contributed by atoms with van der Waals surface area (Å²) in [4.78, 5) is 12.1. The van der Waals surface area contributed by atoms with Gasteiger partial charge in [-0.2, -0.15) is 0 Å². The molecule has 1 rings (SSSR count). The Hall–Kier alpha value is -0.250. The maximum absolute atomic E-state index is 12.1. The van der Waals surface area contributed by atoms with E-state index in [2.05, 4.69) is 6.92 Å². The molecule has 1 aromatic rings. The summed E-state index contributed by atoms with van der Waals surface area (Å²) in [6.07, 6.45) is 3.06. The van der Waals surface area contributed by atoms with E-state index < -0.39 is 0 Å². The third kappa shape index (κ3) is 3.65. The maximum atomic E-state index is 12.1. The van der Waals surface area contributed by atoms with Crippen LogP contribution in [-0.2, 0) is 0 Å². The van der Waals surface area contributed by atoms with E-state index in [0.29, 0.717) is 19.3 Å². The molecule has 4 nitrogen and oxygen atoms in total. The Bertz CT molecular complexity index is 457. The number of ether oxygens (including phenoxy) is 1. The van der Waals surface area contributed by atoms with Gasteiger partial charge in [0.1, 0.15) is 17.1 Å². The quantitative estimate of drug-likeness (QED) is 0.359. The van der Waals surface area contributed by atoms with Gasteiger partial charge in [-0.1, -0.05) is 19.8 Å². The molecule has 0 aliphatic carbocycles. The summed E-state index contributed by atoms with van der Waals surface area (Å²) >= 11 is 3.82. The fraction of sp³-hybridized carbons (Fsp3) is 0.462. The topological polar surface area (TPSA) is 66.8 Å². The molecule has 0 saturated heterocycles. The van der Waals surface area contributed by atoms with Gasteiger partial charge in [0.05, 0.1) is 14.3 Å². The lowest BCUT2D eigenvalue weighted by molar-refractivity contribution is 0.0973. The second kappa shape index (κ2) is 7.51. The molecular weight excluding hydrogens is 474 g/mol. The highest BCUT2D eigenvalue weighted by atomic mass is 127. The molecule has 6 heteroatoms. The average Bonchev–Trinajstić information content (AvgIpc) is 2.38. The summed E-state index contributed by atoms with van der Waals surface area (Å²) in [5.41, 5.74) is 0.00528. The van der Waals surface area contributed by atoms with E-state index in [1.54, 1.807) is 0 Å². The van der Waals surface area contributed by atoms with E-state index in [0.717, 1.165) is 19.3 Å². The summed E-state index contributed by atoms with van der Waals surface area (Å²) < 4.78 is 6.02. The van der Waals surface area contributed by atoms with Gasteiger partial charge >= 0.3 is 0 Å². The van der Waals surface area contributed by atoms with E-state index in [1.165, 1.54) is 7.11 Å². The Balaban J connectivity index is 3.18. The molecule has 0 aliphatic heterocycles. The van der Waals surface area contributed by atoms with Gasteiger partial charge in [0.2, 0.25) is 0 Å². The monoisotopic (exact) mass is 490 g/mol. The first kappa shape index (κ1) is 16.8. The van der Waals surface area contributed by atoms with Crippen molar-refractivity contribution in [1.82, 2.24) is 0 Å². The molecule has 0 radical (unpaired) electrons. The fourth-order valence-electron chi connectivity index (χ4n) is 1.75. The van der Waals surface area contributed by atoms with Gasteiger partial charge in [-0.25, -0.2) is 0 Å². The minimum Gasteiger partial charge on any atom is -0.506 e. The van der Waals surface area contributed by atoms with Crippen molar-refractivity contribution in [2.24, 2.45) is 0 Å². The van der Waals surface area contributed by atoms with Crippen LogP contribution in [0.3, 0.4) is 0 Å². The van der Waals surface area contributed by atoms with Crippen LogP contribution >= 0.6 is 45.2 Å². The molecule has 106 valence electrons. The van der Waals surface area contributed by atoms with Crippen LogP contribution in [0.2, 0.25) is 0 Å². The number of unbranched alkanes of at least 4 members (excludes halogenated alkanes) is 2. The number of carbonyl (C=O) groups excluding carboxylic acids is 1. The second-order valence-electron chi connectivity index (χ2n) is 4.11. The summed E-state index contributed by atoms with van der Waals surface area (Å²) in [7, 11) is 1.46. The van der Waals surface area contributed by atoms with Crippen LogP contribution < -0.4 is 4.74 Å². The van der Waals surface area contributed by atoms with Gasteiger partial charge in [0.15, 0.2) is 11.5 Å². The van der Waals surface area contributed by atoms with Crippen molar-refractivity contribution in [3.63, 3.8) is 0 Å². The minimum absolute atomic E-state index is 0.00528. The Morgan fingerprint density at radius 3 is 2.11 bits per heavy atom. The van der Waals surface area contributed by atoms with Crippen LogP contribution in [0, 0.1) is 7.14 Å². The van der Waals surface area contributed by atoms with Crippen LogP contribution in [0.15, 0.2) is 0 Å². The normalized spacial score (nSPS) is 10.5. The zero-order valence-electron chi connectivity index (χ0n) is 10.8. The molecule has 0 heterocycles. The van der Waals surface area contributed by atoms with Gasteiger partial charge in [-0.15, -0.1) is 0 Å². The minimum atomic E-state index is -0.234. The molecule has 0 aliphatic rings. The Labute approximate surface area is 139 Å². The van der Waals surface area contributed by atoms with Gasteiger partial charge in [0, 0.05) is 6.42 Å². The number of rotatable bonds is 6. The molecule has 2 N–H and O–H groups in total. The molecule has 0 unspecified atom stereocenters. The molecule has 0 fully saturated rings. The summed E-state index contributed by atoms with van der Waals surface area (Å²) in [5, 5.41) is 20.1. The van der Waals surface area contributed by atoms with Crippen molar-refractivity contribution in [2.75, 3.05) is 7.11 Å². The number of methoxy groups -OCH3 is 1. The second-order valence-corrected chi connectivity index (χ2v) is 6.27. The first-order chi connectivity index (χ1) is 8.95. The lowest BCUT2D eigenvalue weighted by Gasteiger charge is -2.14. The van der Waals surface area contributed by atoms with Gasteiger partial charge in [-0.3, -0.25) is 4.79 Å². The van der Waals surface area contributed by atoms with Crippen molar-refractivity contribution in [3.8, 4) is 17.2 Å². The number of hydrogen-bond acceptors (Lipinski definition) is 4. The smallest absolute Gasteiger partial charge is 0.170 e. The van der Waals surface area contributed by atoms with Crippen molar-refractivity contribution in [1.29, 1.82) is 0 Å². The number of aromatic hydroxyl groups is 2. The number of hydrogen-bond donors (Lipinski definition) is 2. The maximum Gasteiger partial charge on any atom is 0.170 e. The van der Waals surface area contributed by atoms with Crippen molar-refractivity contribution in [2.45, 2.75) is 32.6 Å². The summed E-state index contributed by atoms with van der Waals surface area (Å²) in [5.74, 6) is -0.239. The van der Waals surface area contributed by atoms with Crippen LogP contribution in [0.5, 0.6) is 17.2 Å². The molecule has 19 heavy (non-hydrogen) atoms. The van der Waals surface area contributed by atoms with Crippen molar-refractivity contribution >= 4 is 51.0 Å². The third-order valence-corrected chi connectivity index (χ3v) is 4.78. The fourth-order valence-corrected chi connectivity index (χ4v) is 3.78.